The molecule has 0 aliphatic carbocycles. The molecule has 1 aromatic heterocycles. The third-order valence-corrected chi connectivity index (χ3v) is 3.33. The highest BCUT2D eigenvalue weighted by Crippen LogP contribution is 2.19. The van der Waals surface area contributed by atoms with Gasteiger partial charge in [-0.15, -0.1) is 10.2 Å². The number of rotatable bonds is 4. The lowest BCUT2D eigenvalue weighted by atomic mass is 10.3. The number of thioether (sulfide) groups is 1. The van der Waals surface area contributed by atoms with Crippen LogP contribution in [0.25, 0.3) is 0 Å². The van der Waals surface area contributed by atoms with Crippen LogP contribution < -0.4 is 5.73 Å². The van der Waals surface area contributed by atoms with Crippen LogP contribution in [0.5, 0.6) is 0 Å². The zero-order valence-electron chi connectivity index (χ0n) is 6.36. The summed E-state index contributed by atoms with van der Waals surface area (Å²) in [6.07, 6.45) is 1.02. The van der Waals surface area contributed by atoms with Crippen molar-refractivity contribution in [3.8, 4) is 0 Å². The number of nitrogens with zero attached hydrogens (tertiary/aromatic N) is 2. The van der Waals surface area contributed by atoms with E-state index in [9.17, 15) is 0 Å². The molecule has 0 spiro atoms. The molecule has 2 N–H and O–H groups in total. The molecule has 0 bridgehead atoms. The molecule has 1 heterocycles. The van der Waals surface area contributed by atoms with Crippen LogP contribution in [0, 0.1) is 0 Å². The van der Waals surface area contributed by atoms with Gasteiger partial charge in [0.2, 0.25) is 0 Å². The van der Waals surface area contributed by atoms with Crippen molar-refractivity contribution in [3.05, 3.63) is 5.51 Å². The summed E-state index contributed by atoms with van der Waals surface area (Å²) in [5, 5.41) is 7.63. The van der Waals surface area contributed by atoms with Crippen LogP contribution in [0.15, 0.2) is 9.85 Å². The summed E-state index contributed by atoms with van der Waals surface area (Å²) in [6.45, 7) is 2.09. The van der Waals surface area contributed by atoms with Gasteiger partial charge in [0.15, 0.2) is 4.34 Å². The molecule has 0 amide bonds. The zero-order chi connectivity index (χ0) is 8.10. The molecule has 11 heavy (non-hydrogen) atoms. The van der Waals surface area contributed by atoms with Crippen molar-refractivity contribution < 1.29 is 0 Å². The van der Waals surface area contributed by atoms with Crippen molar-refractivity contribution in [2.45, 2.75) is 23.7 Å². The van der Waals surface area contributed by atoms with E-state index in [2.05, 4.69) is 17.1 Å². The van der Waals surface area contributed by atoms with Gasteiger partial charge in [-0.3, -0.25) is 0 Å². The van der Waals surface area contributed by atoms with Crippen LogP contribution in [0.4, 0.5) is 0 Å². The summed E-state index contributed by atoms with van der Waals surface area (Å²) in [7, 11) is 0. The largest absolute Gasteiger partial charge is 0.327 e. The molecule has 1 rings (SSSR count). The van der Waals surface area contributed by atoms with E-state index in [0.717, 1.165) is 16.5 Å². The molecule has 62 valence electrons. The first-order chi connectivity index (χ1) is 5.33. The molecule has 0 fully saturated rings. The van der Waals surface area contributed by atoms with Crippen LogP contribution in [0.1, 0.15) is 13.3 Å². The first-order valence-electron chi connectivity index (χ1n) is 3.47. The van der Waals surface area contributed by atoms with Gasteiger partial charge in [-0.2, -0.15) is 0 Å². The van der Waals surface area contributed by atoms with E-state index in [0.29, 0.717) is 0 Å². The predicted octanol–water partition coefficient (Wildman–Crippen LogP) is 1.37. The van der Waals surface area contributed by atoms with Crippen LogP contribution in [-0.2, 0) is 0 Å². The van der Waals surface area contributed by atoms with Crippen LogP contribution in [-0.4, -0.2) is 22.0 Å². The van der Waals surface area contributed by atoms with E-state index >= 15 is 0 Å². The second-order valence-electron chi connectivity index (χ2n) is 2.18. The third kappa shape index (κ3) is 3.18. The van der Waals surface area contributed by atoms with Gasteiger partial charge in [-0.1, -0.05) is 30.0 Å². The molecule has 1 unspecified atom stereocenters. The fourth-order valence-corrected chi connectivity index (χ4v) is 2.10. The third-order valence-electron chi connectivity index (χ3n) is 1.29. The van der Waals surface area contributed by atoms with Crippen LogP contribution >= 0.6 is 23.1 Å². The maximum atomic E-state index is 5.73. The minimum absolute atomic E-state index is 0.281. The average Bonchev–Trinajstić information content (AvgIpc) is 2.52. The molecule has 3 nitrogen and oxygen atoms in total. The molecular formula is C6H11N3S2. The first kappa shape index (κ1) is 8.96. The van der Waals surface area contributed by atoms with Gasteiger partial charge < -0.3 is 5.73 Å². The number of aromatic nitrogens is 2. The molecule has 5 heteroatoms. The van der Waals surface area contributed by atoms with Crippen LogP contribution in [0.2, 0.25) is 0 Å². The molecule has 0 aliphatic rings. The van der Waals surface area contributed by atoms with Crippen molar-refractivity contribution in [2.24, 2.45) is 5.73 Å². The van der Waals surface area contributed by atoms with Gasteiger partial charge in [0.1, 0.15) is 5.51 Å². The summed E-state index contributed by atoms with van der Waals surface area (Å²) in [5.74, 6) is 0.936. The number of hydrogen-bond donors (Lipinski definition) is 1. The first-order valence-corrected chi connectivity index (χ1v) is 5.34. The maximum Gasteiger partial charge on any atom is 0.174 e. The van der Waals surface area contributed by atoms with E-state index in [1.54, 1.807) is 28.6 Å². The highest BCUT2D eigenvalue weighted by Gasteiger charge is 2.02. The van der Waals surface area contributed by atoms with Gasteiger partial charge in [0, 0.05) is 11.8 Å². The summed E-state index contributed by atoms with van der Waals surface area (Å²) >= 11 is 3.24. The molecule has 0 aromatic carbocycles. The normalized spacial score (nSPS) is 13.3. The summed E-state index contributed by atoms with van der Waals surface area (Å²) in [4.78, 5) is 0. The van der Waals surface area contributed by atoms with E-state index in [1.165, 1.54) is 0 Å². The minimum atomic E-state index is 0.281. The molecule has 1 aromatic rings. The Morgan fingerprint density at radius 3 is 3.18 bits per heavy atom. The molecule has 0 radical (unpaired) electrons. The lowest BCUT2D eigenvalue weighted by Gasteiger charge is -2.04. The predicted molar refractivity (Wildman–Crippen MR) is 48.9 cm³/mol. The van der Waals surface area contributed by atoms with Crippen molar-refractivity contribution in [1.29, 1.82) is 0 Å². The van der Waals surface area contributed by atoms with E-state index in [1.807, 2.05) is 0 Å². The van der Waals surface area contributed by atoms with E-state index in [-0.39, 0.29) is 6.04 Å². The van der Waals surface area contributed by atoms with E-state index < -0.39 is 0 Å². The standard InChI is InChI=1S/C6H11N3S2/c1-2-5(7)3-10-6-9-8-4-11-6/h4-5H,2-3,7H2,1H3. The summed E-state index contributed by atoms with van der Waals surface area (Å²) in [5.41, 5.74) is 7.46. The van der Waals surface area contributed by atoms with Gasteiger partial charge in [0.25, 0.3) is 0 Å². The maximum absolute atomic E-state index is 5.73. The Morgan fingerprint density at radius 2 is 2.64 bits per heavy atom. The highest BCUT2D eigenvalue weighted by molar-refractivity contribution is 8.01. The minimum Gasteiger partial charge on any atom is -0.327 e. The zero-order valence-corrected chi connectivity index (χ0v) is 7.99. The number of nitrogens with two attached hydrogens (primary N) is 1. The molecule has 0 aliphatic heterocycles. The van der Waals surface area contributed by atoms with Crippen molar-refractivity contribution >= 4 is 23.1 Å². The van der Waals surface area contributed by atoms with Gasteiger partial charge in [-0.25, -0.2) is 0 Å². The fourth-order valence-electron chi connectivity index (χ4n) is 0.522. The smallest absolute Gasteiger partial charge is 0.174 e. The second kappa shape index (κ2) is 4.69. The Morgan fingerprint density at radius 1 is 1.82 bits per heavy atom. The second-order valence-corrected chi connectivity index (χ2v) is 4.28. The van der Waals surface area contributed by atoms with E-state index in [4.69, 9.17) is 5.73 Å². The molecular weight excluding hydrogens is 178 g/mol. The lowest BCUT2D eigenvalue weighted by Crippen LogP contribution is -2.21. The Bertz CT molecular complexity index is 188. The fraction of sp³-hybridized carbons (Fsp3) is 0.667. The van der Waals surface area contributed by atoms with Crippen LogP contribution in [0.3, 0.4) is 0 Å². The average molecular weight is 189 g/mol. The quantitative estimate of drug-likeness (QED) is 0.727. The molecule has 1 atom stereocenters. The molecule has 0 saturated heterocycles. The summed E-state index contributed by atoms with van der Waals surface area (Å²) < 4.78 is 1.01. The van der Waals surface area contributed by atoms with Crippen molar-refractivity contribution in [3.63, 3.8) is 0 Å². The Hall–Kier alpha value is -0.130. The van der Waals surface area contributed by atoms with Crippen molar-refractivity contribution in [1.82, 2.24) is 10.2 Å². The SMILES string of the molecule is CCC(N)CSc1nncs1. The van der Waals surface area contributed by atoms with Gasteiger partial charge in [0.05, 0.1) is 0 Å². The Kier molecular flexibility index (Phi) is 3.82. The molecule has 0 saturated carbocycles. The monoisotopic (exact) mass is 189 g/mol. The Balaban J connectivity index is 2.23. The highest BCUT2D eigenvalue weighted by atomic mass is 32.2. The van der Waals surface area contributed by atoms with Gasteiger partial charge >= 0.3 is 0 Å². The number of hydrogen-bond acceptors (Lipinski definition) is 5. The topological polar surface area (TPSA) is 51.8 Å². The summed E-state index contributed by atoms with van der Waals surface area (Å²) in [6, 6.07) is 0.281. The van der Waals surface area contributed by atoms with Gasteiger partial charge in [-0.05, 0) is 6.42 Å². The Labute approximate surface area is 74.4 Å². The van der Waals surface area contributed by atoms with Crippen molar-refractivity contribution in [2.75, 3.05) is 5.75 Å². The lowest BCUT2D eigenvalue weighted by molar-refractivity contribution is 0.724.